The van der Waals surface area contributed by atoms with Crippen molar-refractivity contribution in [3.63, 3.8) is 0 Å². The number of hydrogen-bond donors (Lipinski definition) is 1. The Morgan fingerprint density at radius 1 is 1.80 bits per heavy atom. The number of aromatic nitrogens is 1. The Bertz CT molecular complexity index is 360. The van der Waals surface area contributed by atoms with E-state index in [0.29, 0.717) is 18.9 Å². The molecule has 1 saturated heterocycles. The predicted octanol–water partition coefficient (Wildman–Crippen LogP) is 0.718. The van der Waals surface area contributed by atoms with Crippen LogP contribution in [0.4, 0.5) is 0 Å². The lowest BCUT2D eigenvalue weighted by Crippen LogP contribution is -2.37. The summed E-state index contributed by atoms with van der Waals surface area (Å²) in [5.74, 6) is -0.397. The molecule has 6 heteroatoms. The zero-order valence-electron chi connectivity index (χ0n) is 8.30. The van der Waals surface area contributed by atoms with E-state index in [9.17, 15) is 4.79 Å². The summed E-state index contributed by atoms with van der Waals surface area (Å²) in [6, 6.07) is -0.149. The second-order valence-corrected chi connectivity index (χ2v) is 4.31. The molecular weight excluding hydrogens is 216 g/mol. The molecular formula is C9H12N2O3S. The first-order valence-electron chi connectivity index (χ1n) is 4.66. The van der Waals surface area contributed by atoms with Gasteiger partial charge in [-0.05, 0) is 6.92 Å². The second kappa shape index (κ2) is 4.26. The van der Waals surface area contributed by atoms with E-state index in [-0.39, 0.29) is 12.1 Å². The van der Waals surface area contributed by atoms with Gasteiger partial charge in [0.25, 0.3) is 0 Å². The molecule has 1 aliphatic rings. The van der Waals surface area contributed by atoms with Crippen LogP contribution in [0.3, 0.4) is 0 Å². The van der Waals surface area contributed by atoms with E-state index in [1.807, 2.05) is 6.92 Å². The van der Waals surface area contributed by atoms with Gasteiger partial charge in [0.15, 0.2) is 5.69 Å². The second-order valence-electron chi connectivity index (χ2n) is 3.42. The molecule has 1 aromatic heterocycles. The normalized spacial score (nSPS) is 18.3. The lowest BCUT2D eigenvalue weighted by molar-refractivity contribution is -0.103. The van der Waals surface area contributed by atoms with Gasteiger partial charge < -0.3 is 15.2 Å². The van der Waals surface area contributed by atoms with Gasteiger partial charge in [-0.15, -0.1) is 11.3 Å². The van der Waals surface area contributed by atoms with E-state index in [2.05, 4.69) is 4.98 Å². The van der Waals surface area contributed by atoms with E-state index in [4.69, 9.17) is 15.2 Å². The zero-order valence-corrected chi connectivity index (χ0v) is 9.12. The summed E-state index contributed by atoms with van der Waals surface area (Å²) in [7, 11) is 0. The molecule has 1 atom stereocenters. The molecule has 1 unspecified atom stereocenters. The molecule has 1 aliphatic heterocycles. The zero-order chi connectivity index (χ0) is 10.8. The van der Waals surface area contributed by atoms with Crippen molar-refractivity contribution < 1.29 is 14.3 Å². The van der Waals surface area contributed by atoms with E-state index < -0.39 is 5.97 Å². The first kappa shape index (κ1) is 10.5. The Labute approximate surface area is 91.2 Å². The Morgan fingerprint density at radius 3 is 3.00 bits per heavy atom. The van der Waals surface area contributed by atoms with Gasteiger partial charge in [0, 0.05) is 5.38 Å². The fourth-order valence-corrected chi connectivity index (χ4v) is 1.83. The van der Waals surface area contributed by atoms with Crippen molar-refractivity contribution in [1.82, 2.24) is 4.98 Å². The monoisotopic (exact) mass is 228 g/mol. The fraction of sp³-hybridized carbons (Fsp3) is 0.556. The molecule has 5 nitrogen and oxygen atoms in total. The third-order valence-corrected chi connectivity index (χ3v) is 3.05. The Hall–Kier alpha value is -0.980. The number of rotatable bonds is 3. The number of thiazole rings is 1. The van der Waals surface area contributed by atoms with Crippen LogP contribution >= 0.6 is 11.3 Å². The van der Waals surface area contributed by atoms with Crippen LogP contribution in [0.15, 0.2) is 5.38 Å². The Kier molecular flexibility index (Phi) is 2.99. The largest absolute Gasteiger partial charge is 0.453 e. The number of ether oxygens (including phenoxy) is 2. The minimum Gasteiger partial charge on any atom is -0.453 e. The number of carbonyl (C=O) groups is 1. The predicted molar refractivity (Wildman–Crippen MR) is 54.7 cm³/mol. The van der Waals surface area contributed by atoms with Gasteiger partial charge >= 0.3 is 5.97 Å². The van der Waals surface area contributed by atoms with Crippen molar-refractivity contribution in [2.45, 2.75) is 19.1 Å². The lowest BCUT2D eigenvalue weighted by atomic mass is 10.3. The van der Waals surface area contributed by atoms with Crippen molar-refractivity contribution in [2.75, 3.05) is 13.2 Å². The van der Waals surface area contributed by atoms with Gasteiger partial charge in [0.1, 0.15) is 11.1 Å². The molecule has 82 valence electrons. The van der Waals surface area contributed by atoms with Crippen molar-refractivity contribution >= 4 is 17.3 Å². The van der Waals surface area contributed by atoms with Crippen LogP contribution in [0.25, 0.3) is 0 Å². The minimum absolute atomic E-state index is 0.113. The van der Waals surface area contributed by atoms with Gasteiger partial charge in [-0.1, -0.05) is 0 Å². The fourth-order valence-electron chi connectivity index (χ4n) is 1.08. The van der Waals surface area contributed by atoms with Crippen molar-refractivity contribution in [1.29, 1.82) is 0 Å². The number of carbonyl (C=O) groups excluding carboxylic acids is 1. The van der Waals surface area contributed by atoms with Gasteiger partial charge in [-0.3, -0.25) is 0 Å². The summed E-state index contributed by atoms with van der Waals surface area (Å²) in [6.45, 7) is 2.79. The van der Waals surface area contributed by atoms with Gasteiger partial charge in [-0.25, -0.2) is 9.78 Å². The summed E-state index contributed by atoms with van der Waals surface area (Å²) in [5, 5.41) is 2.41. The first-order valence-corrected chi connectivity index (χ1v) is 5.54. The SMILES string of the molecule is CC(N)c1nc(C(=O)OC2COC2)cs1. The number of nitrogens with zero attached hydrogens (tertiary/aromatic N) is 1. The molecule has 2 rings (SSSR count). The number of nitrogens with two attached hydrogens (primary N) is 1. The van der Waals surface area contributed by atoms with E-state index in [1.54, 1.807) is 5.38 Å². The molecule has 0 aromatic carbocycles. The average Bonchev–Trinajstić information content (AvgIpc) is 2.59. The summed E-state index contributed by atoms with van der Waals surface area (Å²) < 4.78 is 10.0. The van der Waals surface area contributed by atoms with Crippen molar-refractivity contribution in [3.8, 4) is 0 Å². The lowest BCUT2D eigenvalue weighted by Gasteiger charge is -2.25. The molecule has 15 heavy (non-hydrogen) atoms. The smallest absolute Gasteiger partial charge is 0.358 e. The highest BCUT2D eigenvalue weighted by molar-refractivity contribution is 7.09. The first-order chi connectivity index (χ1) is 7.16. The Balaban J connectivity index is 1.98. The molecule has 0 aliphatic carbocycles. The quantitative estimate of drug-likeness (QED) is 0.771. The molecule has 0 saturated carbocycles. The highest BCUT2D eigenvalue weighted by Gasteiger charge is 2.24. The standard InChI is InChI=1S/C9H12N2O3S/c1-5(10)8-11-7(4-15-8)9(12)14-6-2-13-3-6/h4-6H,2-3,10H2,1H3. The third-order valence-electron chi connectivity index (χ3n) is 2.00. The number of hydrogen-bond acceptors (Lipinski definition) is 6. The van der Waals surface area contributed by atoms with E-state index >= 15 is 0 Å². The van der Waals surface area contributed by atoms with Gasteiger partial charge in [0.05, 0.1) is 19.3 Å². The molecule has 2 heterocycles. The number of esters is 1. The summed E-state index contributed by atoms with van der Waals surface area (Å²) in [4.78, 5) is 15.6. The summed E-state index contributed by atoms with van der Waals surface area (Å²) >= 11 is 1.37. The Morgan fingerprint density at radius 2 is 2.53 bits per heavy atom. The van der Waals surface area contributed by atoms with Crippen LogP contribution < -0.4 is 5.73 Å². The molecule has 1 fully saturated rings. The maximum Gasteiger partial charge on any atom is 0.358 e. The molecule has 0 radical (unpaired) electrons. The van der Waals surface area contributed by atoms with Crippen LogP contribution in [0.2, 0.25) is 0 Å². The van der Waals surface area contributed by atoms with Gasteiger partial charge in [0.2, 0.25) is 0 Å². The molecule has 0 amide bonds. The molecule has 1 aromatic rings. The molecule has 0 spiro atoms. The maximum atomic E-state index is 11.5. The third kappa shape index (κ3) is 2.34. The highest BCUT2D eigenvalue weighted by Crippen LogP contribution is 2.17. The molecule has 2 N–H and O–H groups in total. The minimum atomic E-state index is -0.397. The van der Waals surface area contributed by atoms with Crippen LogP contribution in [0.5, 0.6) is 0 Å². The van der Waals surface area contributed by atoms with Crippen LogP contribution in [-0.2, 0) is 9.47 Å². The van der Waals surface area contributed by atoms with Crippen LogP contribution in [-0.4, -0.2) is 30.3 Å². The van der Waals surface area contributed by atoms with Crippen molar-refractivity contribution in [2.24, 2.45) is 5.73 Å². The van der Waals surface area contributed by atoms with E-state index in [0.717, 1.165) is 5.01 Å². The van der Waals surface area contributed by atoms with Crippen molar-refractivity contribution in [3.05, 3.63) is 16.1 Å². The topological polar surface area (TPSA) is 74.4 Å². The summed E-state index contributed by atoms with van der Waals surface area (Å²) in [6.07, 6.45) is -0.113. The van der Waals surface area contributed by atoms with Gasteiger partial charge in [-0.2, -0.15) is 0 Å². The van der Waals surface area contributed by atoms with Crippen LogP contribution in [0, 0.1) is 0 Å². The maximum absolute atomic E-state index is 11.5. The van der Waals surface area contributed by atoms with E-state index in [1.165, 1.54) is 11.3 Å². The highest BCUT2D eigenvalue weighted by atomic mass is 32.1. The average molecular weight is 228 g/mol. The molecule has 0 bridgehead atoms. The summed E-state index contributed by atoms with van der Waals surface area (Å²) in [5.41, 5.74) is 5.97. The van der Waals surface area contributed by atoms with Crippen LogP contribution in [0.1, 0.15) is 28.5 Å².